The summed E-state index contributed by atoms with van der Waals surface area (Å²) in [6.45, 7) is 9.03. The Kier molecular flexibility index (Phi) is 6.42. The van der Waals surface area contributed by atoms with Crippen LogP contribution in [0.4, 0.5) is 5.69 Å². The van der Waals surface area contributed by atoms with Crippen molar-refractivity contribution in [3.05, 3.63) is 64.7 Å². The molecule has 0 saturated carbocycles. The van der Waals surface area contributed by atoms with E-state index in [1.165, 1.54) is 5.56 Å². The van der Waals surface area contributed by atoms with Gasteiger partial charge in [0.05, 0.1) is 11.5 Å². The van der Waals surface area contributed by atoms with Crippen molar-refractivity contribution in [1.82, 2.24) is 9.80 Å². The van der Waals surface area contributed by atoms with Crippen LogP contribution in [-0.2, 0) is 27.4 Å². The number of nitrogens with zero attached hydrogens (tertiary/aromatic N) is 2. The number of carbonyl (C=O) groups is 2. The van der Waals surface area contributed by atoms with Gasteiger partial charge in [0, 0.05) is 48.6 Å². The third kappa shape index (κ3) is 4.23. The van der Waals surface area contributed by atoms with Gasteiger partial charge in [-0.05, 0) is 51.3 Å². The Hall–Kier alpha value is -3.12. The summed E-state index contributed by atoms with van der Waals surface area (Å²) >= 11 is 0. The molecule has 0 radical (unpaired) electrons. The average molecular weight is 460 g/mol. The zero-order chi connectivity index (χ0) is 23.7. The van der Waals surface area contributed by atoms with Gasteiger partial charge in [-0.2, -0.15) is 0 Å². The number of anilines is 1. The number of ether oxygens (including phenoxy) is 1. The van der Waals surface area contributed by atoms with E-state index in [9.17, 15) is 9.59 Å². The predicted molar refractivity (Wildman–Crippen MR) is 134 cm³/mol. The fraction of sp³-hybridized carbons (Fsp3) is 0.429. The van der Waals surface area contributed by atoms with E-state index >= 15 is 0 Å². The second kappa shape index (κ2) is 9.63. The number of piperidine rings is 1. The van der Waals surface area contributed by atoms with Crippen LogP contribution in [0.15, 0.2) is 42.5 Å². The smallest absolute Gasteiger partial charge is 0.260 e. The van der Waals surface area contributed by atoms with E-state index in [2.05, 4.69) is 42.3 Å². The molecule has 3 aliphatic rings. The summed E-state index contributed by atoms with van der Waals surface area (Å²) in [5, 5.41) is 2.94. The summed E-state index contributed by atoms with van der Waals surface area (Å²) in [6.07, 6.45) is 3.01. The molecule has 34 heavy (non-hydrogen) atoms. The quantitative estimate of drug-likeness (QED) is 0.659. The van der Waals surface area contributed by atoms with Gasteiger partial charge in [0.25, 0.3) is 5.91 Å². The zero-order valence-electron chi connectivity index (χ0n) is 20.1. The topological polar surface area (TPSA) is 61.9 Å². The van der Waals surface area contributed by atoms with Crippen LogP contribution in [0.2, 0.25) is 0 Å². The Balaban J connectivity index is 1.27. The molecule has 6 nitrogen and oxygen atoms in total. The highest BCUT2D eigenvalue weighted by atomic mass is 16.5. The lowest BCUT2D eigenvalue weighted by molar-refractivity contribution is -0.137. The van der Waals surface area contributed by atoms with Crippen LogP contribution in [0.25, 0.3) is 11.3 Å². The van der Waals surface area contributed by atoms with E-state index in [4.69, 9.17) is 4.74 Å². The van der Waals surface area contributed by atoms with Crippen LogP contribution < -0.4 is 5.32 Å². The second-order valence-corrected chi connectivity index (χ2v) is 9.38. The molecular weight excluding hydrogens is 426 g/mol. The molecule has 1 saturated heterocycles. The monoisotopic (exact) mass is 459 g/mol. The normalized spacial score (nSPS) is 21.6. The standard InChI is InChI=1S/C28H33N3O3/c1-3-31(4-2)28(33)20-8-7-14-30(17-20)15-13-19-11-12-22-21(16-19)18-34-26(22)25-23-9-5-6-10-24(23)29-27(25)32/h5-6,9-12,16,20H,3-4,7-8,13-15,17-18H2,1-2H3,(H,29,32). The number of nitrogens with one attached hydrogen (secondary N) is 1. The van der Waals surface area contributed by atoms with Crippen molar-refractivity contribution in [2.75, 3.05) is 38.0 Å². The van der Waals surface area contributed by atoms with E-state index in [-0.39, 0.29) is 11.8 Å². The molecule has 0 spiro atoms. The number of amides is 2. The Morgan fingerprint density at radius 1 is 1.15 bits per heavy atom. The molecular formula is C28H33N3O3. The molecule has 3 aliphatic heterocycles. The van der Waals surface area contributed by atoms with Gasteiger partial charge >= 0.3 is 0 Å². The van der Waals surface area contributed by atoms with Crippen LogP contribution in [0.5, 0.6) is 0 Å². The maximum absolute atomic E-state index is 12.8. The minimum atomic E-state index is -0.105. The molecule has 1 fully saturated rings. The van der Waals surface area contributed by atoms with E-state index in [1.54, 1.807) is 0 Å². The number of carbonyl (C=O) groups excluding carboxylic acids is 2. The van der Waals surface area contributed by atoms with Crippen molar-refractivity contribution < 1.29 is 14.3 Å². The van der Waals surface area contributed by atoms with Crippen LogP contribution in [0.3, 0.4) is 0 Å². The van der Waals surface area contributed by atoms with Gasteiger partial charge < -0.3 is 19.9 Å². The summed E-state index contributed by atoms with van der Waals surface area (Å²) in [6, 6.07) is 14.2. The highest BCUT2D eigenvalue weighted by molar-refractivity contribution is 6.36. The lowest BCUT2D eigenvalue weighted by Gasteiger charge is -2.34. The summed E-state index contributed by atoms with van der Waals surface area (Å²) in [7, 11) is 0. The van der Waals surface area contributed by atoms with Crippen molar-refractivity contribution in [2.45, 2.75) is 39.7 Å². The fourth-order valence-electron chi connectivity index (χ4n) is 5.46. The maximum Gasteiger partial charge on any atom is 0.260 e. The van der Waals surface area contributed by atoms with Crippen LogP contribution in [0, 0.1) is 5.92 Å². The number of para-hydroxylation sites is 1. The lowest BCUT2D eigenvalue weighted by atomic mass is 9.95. The third-order valence-electron chi connectivity index (χ3n) is 7.33. The molecule has 1 atom stereocenters. The van der Waals surface area contributed by atoms with Crippen LogP contribution in [0.1, 0.15) is 48.9 Å². The van der Waals surface area contributed by atoms with E-state index in [0.717, 1.165) is 74.4 Å². The molecule has 2 aromatic rings. The molecule has 2 aromatic carbocycles. The molecule has 5 rings (SSSR count). The number of rotatable bonds is 6. The number of fused-ring (bicyclic) bond motifs is 2. The van der Waals surface area contributed by atoms with Crippen molar-refractivity contribution in [3.8, 4) is 0 Å². The Morgan fingerprint density at radius 2 is 1.97 bits per heavy atom. The number of hydrogen-bond donors (Lipinski definition) is 1. The second-order valence-electron chi connectivity index (χ2n) is 9.38. The molecule has 0 aliphatic carbocycles. The van der Waals surface area contributed by atoms with Gasteiger partial charge in [0.2, 0.25) is 5.91 Å². The number of likely N-dealkylation sites (tertiary alicyclic amines) is 1. The lowest BCUT2D eigenvalue weighted by Crippen LogP contribution is -2.45. The predicted octanol–water partition coefficient (Wildman–Crippen LogP) is 4.16. The van der Waals surface area contributed by atoms with E-state index in [0.29, 0.717) is 23.8 Å². The largest absolute Gasteiger partial charge is 0.487 e. The van der Waals surface area contributed by atoms with Crippen LogP contribution >= 0.6 is 0 Å². The highest BCUT2D eigenvalue weighted by Gasteiger charge is 2.32. The van der Waals surface area contributed by atoms with Gasteiger partial charge in [-0.1, -0.05) is 36.4 Å². The molecule has 178 valence electrons. The SMILES string of the molecule is CCN(CC)C(=O)C1CCCN(CCc2ccc3c(c2)COC3=C2C(=O)Nc3ccccc32)C1. The molecule has 2 amide bonds. The van der Waals surface area contributed by atoms with Gasteiger partial charge in [0.1, 0.15) is 12.4 Å². The van der Waals surface area contributed by atoms with Crippen molar-refractivity contribution in [3.63, 3.8) is 0 Å². The molecule has 3 heterocycles. The Labute approximate surface area is 201 Å². The first-order valence-electron chi connectivity index (χ1n) is 12.5. The maximum atomic E-state index is 12.8. The Morgan fingerprint density at radius 3 is 2.79 bits per heavy atom. The minimum Gasteiger partial charge on any atom is -0.487 e. The molecule has 0 aromatic heterocycles. The number of hydrogen-bond acceptors (Lipinski definition) is 4. The van der Waals surface area contributed by atoms with Crippen molar-refractivity contribution in [2.24, 2.45) is 5.92 Å². The zero-order valence-corrected chi connectivity index (χ0v) is 20.1. The molecule has 0 bridgehead atoms. The van der Waals surface area contributed by atoms with Crippen LogP contribution in [-0.4, -0.2) is 54.3 Å². The first kappa shape index (κ1) is 22.7. The van der Waals surface area contributed by atoms with Crippen molar-refractivity contribution in [1.29, 1.82) is 0 Å². The molecule has 1 unspecified atom stereocenters. The summed E-state index contributed by atoms with van der Waals surface area (Å²) in [4.78, 5) is 29.8. The van der Waals surface area contributed by atoms with Gasteiger partial charge in [-0.3, -0.25) is 9.59 Å². The van der Waals surface area contributed by atoms with E-state index in [1.807, 2.05) is 29.2 Å². The minimum absolute atomic E-state index is 0.105. The van der Waals surface area contributed by atoms with Gasteiger partial charge in [-0.15, -0.1) is 0 Å². The van der Waals surface area contributed by atoms with Gasteiger partial charge in [-0.25, -0.2) is 0 Å². The third-order valence-corrected chi connectivity index (χ3v) is 7.33. The Bertz CT molecular complexity index is 1140. The summed E-state index contributed by atoms with van der Waals surface area (Å²) in [5.74, 6) is 1.00. The average Bonchev–Trinajstić information content (AvgIpc) is 3.42. The first-order chi connectivity index (χ1) is 16.6. The summed E-state index contributed by atoms with van der Waals surface area (Å²) in [5.41, 5.74) is 5.77. The number of benzene rings is 2. The van der Waals surface area contributed by atoms with E-state index < -0.39 is 0 Å². The van der Waals surface area contributed by atoms with Gasteiger partial charge in [0.15, 0.2) is 0 Å². The summed E-state index contributed by atoms with van der Waals surface area (Å²) < 4.78 is 6.03. The highest BCUT2D eigenvalue weighted by Crippen LogP contribution is 2.41. The molecule has 6 heteroatoms. The van der Waals surface area contributed by atoms with Crippen molar-refractivity contribution >= 4 is 28.8 Å². The molecule has 1 N–H and O–H groups in total. The fourth-order valence-corrected chi connectivity index (χ4v) is 5.46. The first-order valence-corrected chi connectivity index (χ1v) is 12.5.